The van der Waals surface area contributed by atoms with E-state index >= 15 is 0 Å². The van der Waals surface area contributed by atoms with Crippen LogP contribution < -0.4 is 10.2 Å². The van der Waals surface area contributed by atoms with Crippen molar-refractivity contribution in [2.75, 3.05) is 49.6 Å². The second-order valence-corrected chi connectivity index (χ2v) is 8.70. The predicted octanol–water partition coefficient (Wildman–Crippen LogP) is 3.42. The Hall–Kier alpha value is -2.08. The highest BCUT2D eigenvalue weighted by Crippen LogP contribution is 2.36. The number of anilines is 2. The maximum Gasteiger partial charge on any atom is 0.412 e. The lowest BCUT2D eigenvalue weighted by Crippen LogP contribution is -2.51. The zero-order valence-electron chi connectivity index (χ0n) is 16.9. The topological polar surface area (TPSA) is 77.8 Å². The van der Waals surface area contributed by atoms with Crippen molar-refractivity contribution in [2.45, 2.75) is 38.6 Å². The van der Waals surface area contributed by atoms with Crippen molar-refractivity contribution in [2.24, 2.45) is 0 Å². The predicted molar refractivity (Wildman–Crippen MR) is 109 cm³/mol. The van der Waals surface area contributed by atoms with Gasteiger partial charge >= 0.3 is 6.09 Å². The third-order valence-electron chi connectivity index (χ3n) is 4.80. The summed E-state index contributed by atoms with van der Waals surface area (Å²) < 4.78 is 25.1. The van der Waals surface area contributed by atoms with Gasteiger partial charge in [0.05, 0.1) is 53.8 Å². The quantitative estimate of drug-likeness (QED) is 0.801. The highest BCUT2D eigenvalue weighted by atomic mass is 35.5. The summed E-state index contributed by atoms with van der Waals surface area (Å²) in [7, 11) is 0. The zero-order chi connectivity index (χ0) is 21.2. The van der Waals surface area contributed by atoms with E-state index in [1.807, 2.05) is 4.90 Å². The van der Waals surface area contributed by atoms with E-state index in [2.05, 4.69) is 16.3 Å². The van der Waals surface area contributed by atoms with Crippen LogP contribution in [0.15, 0.2) is 12.1 Å². The van der Waals surface area contributed by atoms with Crippen molar-refractivity contribution >= 4 is 29.1 Å². The number of rotatable bonds is 3. The van der Waals surface area contributed by atoms with Crippen molar-refractivity contribution in [3.63, 3.8) is 0 Å². The van der Waals surface area contributed by atoms with Crippen LogP contribution in [0, 0.1) is 11.3 Å². The lowest BCUT2D eigenvalue weighted by atomic mass is 10.1. The number of ether oxygens (including phenoxy) is 2. The van der Waals surface area contributed by atoms with Crippen LogP contribution in [0.2, 0.25) is 5.02 Å². The van der Waals surface area contributed by atoms with E-state index in [4.69, 9.17) is 21.1 Å². The molecule has 0 bridgehead atoms. The molecule has 29 heavy (non-hydrogen) atoms. The van der Waals surface area contributed by atoms with Crippen LogP contribution in [0.3, 0.4) is 0 Å². The first-order valence-electron chi connectivity index (χ1n) is 9.60. The number of hydrogen-bond donors (Lipinski definition) is 1. The van der Waals surface area contributed by atoms with Gasteiger partial charge in [0.25, 0.3) is 0 Å². The average molecular weight is 425 g/mol. The van der Waals surface area contributed by atoms with Crippen LogP contribution in [-0.2, 0) is 9.47 Å². The molecule has 3 rings (SSSR count). The largest absolute Gasteiger partial charge is 0.444 e. The minimum absolute atomic E-state index is 0.157. The number of alkyl halides is 1. The van der Waals surface area contributed by atoms with E-state index in [0.29, 0.717) is 44.1 Å². The zero-order valence-corrected chi connectivity index (χ0v) is 17.6. The number of carbonyl (C=O) groups excluding carboxylic acids is 1. The third kappa shape index (κ3) is 5.50. The SMILES string of the molecule is CC(C)(C)OC(=O)Nc1cc(C#N)cc(N2CCN(C3COC3)CC(F)C2)c1Cl. The van der Waals surface area contributed by atoms with E-state index in [0.717, 1.165) is 0 Å². The number of halogens is 2. The lowest BCUT2D eigenvalue weighted by molar-refractivity contribution is -0.0668. The molecular formula is C20H26ClFN4O3. The molecule has 9 heteroatoms. The Morgan fingerprint density at radius 3 is 2.66 bits per heavy atom. The molecular weight excluding hydrogens is 399 g/mol. The van der Waals surface area contributed by atoms with Gasteiger partial charge in [-0.25, -0.2) is 9.18 Å². The summed E-state index contributed by atoms with van der Waals surface area (Å²) in [4.78, 5) is 16.1. The van der Waals surface area contributed by atoms with Crippen LogP contribution >= 0.6 is 11.6 Å². The summed E-state index contributed by atoms with van der Waals surface area (Å²) in [5.74, 6) is 0. The van der Waals surface area contributed by atoms with Crippen LogP contribution in [-0.4, -0.2) is 68.2 Å². The maximum atomic E-state index is 14.6. The van der Waals surface area contributed by atoms with E-state index in [9.17, 15) is 14.4 Å². The summed E-state index contributed by atoms with van der Waals surface area (Å²) in [6.07, 6.45) is -1.74. The Morgan fingerprint density at radius 2 is 2.07 bits per heavy atom. The van der Waals surface area contributed by atoms with Gasteiger partial charge in [-0.2, -0.15) is 5.26 Å². The van der Waals surface area contributed by atoms with Gasteiger partial charge in [-0.3, -0.25) is 10.2 Å². The van der Waals surface area contributed by atoms with E-state index in [1.165, 1.54) is 6.07 Å². The molecule has 1 aromatic carbocycles. The molecule has 7 nitrogen and oxygen atoms in total. The Labute approximate surface area is 175 Å². The number of amides is 1. The van der Waals surface area contributed by atoms with Gasteiger partial charge < -0.3 is 14.4 Å². The highest BCUT2D eigenvalue weighted by molar-refractivity contribution is 6.36. The molecule has 2 fully saturated rings. The minimum atomic E-state index is -1.07. The Morgan fingerprint density at radius 1 is 1.34 bits per heavy atom. The molecule has 158 valence electrons. The van der Waals surface area contributed by atoms with Gasteiger partial charge in [0.15, 0.2) is 0 Å². The van der Waals surface area contributed by atoms with Gasteiger partial charge in [0.2, 0.25) is 0 Å². The average Bonchev–Trinajstić information content (AvgIpc) is 2.75. The number of nitrogens with one attached hydrogen (secondary N) is 1. The van der Waals surface area contributed by atoms with Crippen molar-refractivity contribution < 1.29 is 18.7 Å². The normalized spacial score (nSPS) is 21.1. The van der Waals surface area contributed by atoms with Crippen molar-refractivity contribution in [3.05, 3.63) is 22.7 Å². The molecule has 0 aromatic heterocycles. The van der Waals surface area contributed by atoms with E-state index in [-0.39, 0.29) is 23.3 Å². The first kappa shape index (κ1) is 21.6. The first-order chi connectivity index (χ1) is 13.7. The second kappa shape index (κ2) is 8.74. The first-order valence-corrected chi connectivity index (χ1v) is 9.98. The number of nitriles is 1. The van der Waals surface area contributed by atoms with E-state index in [1.54, 1.807) is 26.8 Å². The fourth-order valence-electron chi connectivity index (χ4n) is 3.38. The molecule has 0 aliphatic carbocycles. The highest BCUT2D eigenvalue weighted by Gasteiger charge is 2.32. The minimum Gasteiger partial charge on any atom is -0.444 e. The Balaban J connectivity index is 1.82. The second-order valence-electron chi connectivity index (χ2n) is 8.33. The summed E-state index contributed by atoms with van der Waals surface area (Å²) in [6.45, 7) is 8.22. The summed E-state index contributed by atoms with van der Waals surface area (Å²) in [5.41, 5.74) is 0.428. The lowest BCUT2D eigenvalue weighted by Gasteiger charge is -2.36. The molecule has 1 N–H and O–H groups in total. The number of nitrogens with zero attached hydrogens (tertiary/aromatic N) is 3. The molecule has 2 saturated heterocycles. The van der Waals surface area contributed by atoms with Crippen molar-refractivity contribution in [1.82, 2.24) is 4.90 Å². The van der Waals surface area contributed by atoms with Crippen molar-refractivity contribution in [3.8, 4) is 6.07 Å². The fourth-order valence-corrected chi connectivity index (χ4v) is 3.65. The van der Waals surface area contributed by atoms with Gasteiger partial charge in [-0.1, -0.05) is 11.6 Å². The Bertz CT molecular complexity index is 804. The molecule has 1 amide bonds. The molecule has 2 aliphatic heterocycles. The summed E-state index contributed by atoms with van der Waals surface area (Å²) >= 11 is 6.55. The summed E-state index contributed by atoms with van der Waals surface area (Å²) in [5, 5.41) is 12.3. The molecule has 0 radical (unpaired) electrons. The van der Waals surface area contributed by atoms with Crippen LogP contribution in [0.25, 0.3) is 0 Å². The van der Waals surface area contributed by atoms with Gasteiger partial charge in [0, 0.05) is 19.6 Å². The number of benzene rings is 1. The number of hydrogen-bond acceptors (Lipinski definition) is 6. The van der Waals surface area contributed by atoms with Crippen molar-refractivity contribution in [1.29, 1.82) is 5.26 Å². The third-order valence-corrected chi connectivity index (χ3v) is 5.20. The molecule has 1 unspecified atom stereocenters. The molecule has 0 saturated carbocycles. The molecule has 2 aliphatic rings. The molecule has 1 aromatic rings. The molecule has 0 spiro atoms. The maximum absolute atomic E-state index is 14.6. The molecule has 2 heterocycles. The standard InChI is InChI=1S/C20H26ClFN4O3/c1-20(2,3)29-19(27)24-16-6-13(8-23)7-17(18(16)21)26-5-4-25(9-14(22)10-26)15-11-28-12-15/h6-7,14-15H,4-5,9-12H2,1-3H3,(H,24,27). The fraction of sp³-hybridized carbons (Fsp3) is 0.600. The van der Waals surface area contributed by atoms with Gasteiger partial charge in [-0.15, -0.1) is 0 Å². The monoisotopic (exact) mass is 424 g/mol. The summed E-state index contributed by atoms with van der Waals surface area (Å²) in [6, 6.07) is 5.43. The smallest absolute Gasteiger partial charge is 0.412 e. The Kier molecular flexibility index (Phi) is 6.52. The number of carbonyl (C=O) groups is 1. The van der Waals surface area contributed by atoms with Crippen LogP contribution in [0.1, 0.15) is 26.3 Å². The van der Waals surface area contributed by atoms with Gasteiger partial charge in [-0.05, 0) is 32.9 Å². The molecule has 1 atom stereocenters. The van der Waals surface area contributed by atoms with Crippen LogP contribution in [0.5, 0.6) is 0 Å². The van der Waals surface area contributed by atoms with Crippen LogP contribution in [0.4, 0.5) is 20.6 Å². The van der Waals surface area contributed by atoms with E-state index < -0.39 is 17.9 Å². The van der Waals surface area contributed by atoms with Gasteiger partial charge in [0.1, 0.15) is 11.8 Å².